The molecule has 0 radical (unpaired) electrons. The first-order chi connectivity index (χ1) is 9.59. The Morgan fingerprint density at radius 1 is 1.48 bits per heavy atom. The average molecular weight is 321 g/mol. The highest BCUT2D eigenvalue weighted by Crippen LogP contribution is 2.42. The molecule has 0 aliphatic rings. The number of hydrogen-bond acceptors (Lipinski definition) is 6. The molecular formula is C10H16N3O7P. The van der Waals surface area contributed by atoms with Crippen molar-refractivity contribution in [1.82, 2.24) is 9.66 Å². The number of nitrogens with one attached hydrogen (secondary N) is 1. The predicted octanol–water partition coefficient (Wildman–Crippen LogP) is -2.13. The maximum absolute atomic E-state index is 11.8. The smallest absolute Gasteiger partial charge is 0.356 e. The van der Waals surface area contributed by atoms with Gasteiger partial charge in [-0.15, -0.1) is 0 Å². The van der Waals surface area contributed by atoms with E-state index in [4.69, 9.17) is 5.11 Å². The van der Waals surface area contributed by atoms with Crippen molar-refractivity contribution in [1.29, 1.82) is 0 Å². The molecule has 21 heavy (non-hydrogen) atoms. The Kier molecular flexibility index (Phi) is 5.24. The number of carbonyl (C=O) groups is 1. The zero-order chi connectivity index (χ0) is 16.4. The third-order valence-electron chi connectivity index (χ3n) is 2.67. The van der Waals surface area contributed by atoms with E-state index in [1.807, 2.05) is 4.98 Å². The first kappa shape index (κ1) is 17.3. The molecule has 118 valence electrons. The number of aromatic amines is 1. The number of aromatic nitrogens is 2. The summed E-state index contributed by atoms with van der Waals surface area (Å²) in [4.78, 5) is 55.2. The van der Waals surface area contributed by atoms with Crippen LogP contribution < -0.4 is 16.3 Å². The van der Waals surface area contributed by atoms with E-state index in [0.29, 0.717) is 4.68 Å². The number of nitrogens with zero attached hydrogens (tertiary/aromatic N) is 2. The molecule has 1 aromatic rings. The molecule has 4 N–H and O–H groups in total. The van der Waals surface area contributed by atoms with E-state index < -0.39 is 37.0 Å². The standard InChI is InChI=1S/C10H16N3O7P/c1-6-5-13(10(17)11-8(6)16)12(3-4-14)9(7(2)15)21(18,19)20/h5,9,14H,3-4H2,1-2H3,(H,11,16,17)(H2,18,19,20). The van der Waals surface area contributed by atoms with Gasteiger partial charge in [0.25, 0.3) is 5.56 Å². The van der Waals surface area contributed by atoms with Crippen molar-refractivity contribution in [2.75, 3.05) is 18.2 Å². The molecule has 0 spiro atoms. The zero-order valence-corrected chi connectivity index (χ0v) is 12.3. The van der Waals surface area contributed by atoms with E-state index in [1.165, 1.54) is 6.92 Å². The molecule has 0 amide bonds. The second-order valence-corrected chi connectivity index (χ2v) is 6.04. The second kappa shape index (κ2) is 6.35. The van der Waals surface area contributed by atoms with Gasteiger partial charge in [-0.05, 0) is 13.8 Å². The Balaban J connectivity index is 3.52. The van der Waals surface area contributed by atoms with E-state index in [0.717, 1.165) is 18.1 Å². The van der Waals surface area contributed by atoms with Crippen LogP contribution in [0, 0.1) is 6.92 Å². The van der Waals surface area contributed by atoms with Crippen LogP contribution in [0.5, 0.6) is 0 Å². The number of aryl methyl sites for hydroxylation is 1. The zero-order valence-electron chi connectivity index (χ0n) is 11.4. The molecule has 0 fully saturated rings. The minimum Gasteiger partial charge on any atom is -0.394 e. The third-order valence-corrected chi connectivity index (χ3v) is 3.94. The molecule has 0 aliphatic heterocycles. The van der Waals surface area contributed by atoms with Gasteiger partial charge in [0.05, 0.1) is 13.2 Å². The van der Waals surface area contributed by atoms with Gasteiger partial charge in [-0.2, -0.15) is 0 Å². The van der Waals surface area contributed by atoms with Gasteiger partial charge in [-0.25, -0.2) is 9.47 Å². The van der Waals surface area contributed by atoms with Gasteiger partial charge in [0, 0.05) is 11.8 Å². The summed E-state index contributed by atoms with van der Waals surface area (Å²) in [5.74, 6) is -2.82. The minimum absolute atomic E-state index is 0.102. The van der Waals surface area contributed by atoms with Crippen molar-refractivity contribution in [3.05, 3.63) is 32.6 Å². The van der Waals surface area contributed by atoms with Crippen molar-refractivity contribution in [3.8, 4) is 0 Å². The van der Waals surface area contributed by atoms with Crippen molar-refractivity contribution < 1.29 is 24.3 Å². The first-order valence-electron chi connectivity index (χ1n) is 5.85. The summed E-state index contributed by atoms with van der Waals surface area (Å²) in [5.41, 5.74) is -1.53. The maximum atomic E-state index is 11.8. The molecular weight excluding hydrogens is 305 g/mol. The highest BCUT2D eigenvalue weighted by atomic mass is 31.2. The molecule has 11 heteroatoms. The van der Waals surface area contributed by atoms with Crippen LogP contribution in [-0.2, 0) is 9.36 Å². The fraction of sp³-hybridized carbons (Fsp3) is 0.500. The highest BCUT2D eigenvalue weighted by molar-refractivity contribution is 7.53. The van der Waals surface area contributed by atoms with E-state index >= 15 is 0 Å². The van der Waals surface area contributed by atoms with Crippen LogP contribution in [0.2, 0.25) is 0 Å². The van der Waals surface area contributed by atoms with Crippen molar-refractivity contribution in [2.24, 2.45) is 0 Å². The predicted molar refractivity (Wildman–Crippen MR) is 72.7 cm³/mol. The highest BCUT2D eigenvalue weighted by Gasteiger charge is 2.39. The third kappa shape index (κ3) is 3.88. The van der Waals surface area contributed by atoms with Crippen molar-refractivity contribution in [3.63, 3.8) is 0 Å². The van der Waals surface area contributed by atoms with Gasteiger partial charge in [-0.3, -0.25) is 24.1 Å². The van der Waals surface area contributed by atoms with Gasteiger partial charge in [-0.1, -0.05) is 0 Å². The number of aliphatic hydroxyl groups excluding tert-OH is 1. The molecule has 1 rings (SSSR count). The van der Waals surface area contributed by atoms with Crippen molar-refractivity contribution in [2.45, 2.75) is 19.6 Å². The summed E-state index contributed by atoms with van der Waals surface area (Å²) >= 11 is 0. The van der Waals surface area contributed by atoms with Crippen LogP contribution in [0.15, 0.2) is 15.8 Å². The van der Waals surface area contributed by atoms with Gasteiger partial charge in [0.2, 0.25) is 5.78 Å². The van der Waals surface area contributed by atoms with E-state index in [-0.39, 0.29) is 12.1 Å². The summed E-state index contributed by atoms with van der Waals surface area (Å²) in [5, 5.41) is 9.75. The normalized spacial score (nSPS) is 13.0. The number of Topliss-reactive ketones (excluding diaryl/α,β-unsaturated/α-hetero) is 1. The number of H-pyrrole nitrogens is 1. The van der Waals surface area contributed by atoms with Crippen LogP contribution in [0.3, 0.4) is 0 Å². The summed E-state index contributed by atoms with van der Waals surface area (Å²) in [6.45, 7) is 1.39. The summed E-state index contributed by atoms with van der Waals surface area (Å²) in [6.07, 6.45) is 1.04. The Morgan fingerprint density at radius 2 is 2.05 bits per heavy atom. The van der Waals surface area contributed by atoms with Crippen LogP contribution in [0.1, 0.15) is 12.5 Å². The Hall–Kier alpha value is -1.74. The molecule has 0 bridgehead atoms. The number of ketones is 1. The van der Waals surface area contributed by atoms with E-state index in [1.54, 1.807) is 0 Å². The lowest BCUT2D eigenvalue weighted by molar-refractivity contribution is -0.117. The fourth-order valence-electron chi connectivity index (χ4n) is 1.82. The molecule has 0 aliphatic carbocycles. The van der Waals surface area contributed by atoms with Crippen LogP contribution in [0.4, 0.5) is 0 Å². The van der Waals surface area contributed by atoms with Crippen LogP contribution in [-0.4, -0.2) is 49.3 Å². The van der Waals surface area contributed by atoms with Gasteiger partial charge in [0.1, 0.15) is 0 Å². The Morgan fingerprint density at radius 3 is 2.48 bits per heavy atom. The lowest BCUT2D eigenvalue weighted by Crippen LogP contribution is -2.54. The fourth-order valence-corrected chi connectivity index (χ4v) is 2.86. The van der Waals surface area contributed by atoms with Crippen LogP contribution >= 0.6 is 7.60 Å². The molecule has 1 atom stereocenters. The van der Waals surface area contributed by atoms with Gasteiger partial charge < -0.3 is 14.9 Å². The lowest BCUT2D eigenvalue weighted by atomic mass is 10.4. The maximum Gasteiger partial charge on any atom is 0.356 e. The minimum atomic E-state index is -4.92. The molecule has 0 saturated heterocycles. The first-order valence-corrected chi connectivity index (χ1v) is 7.53. The molecule has 10 nitrogen and oxygen atoms in total. The summed E-state index contributed by atoms with van der Waals surface area (Å²) < 4.78 is 12.2. The van der Waals surface area contributed by atoms with Gasteiger partial charge in [0.15, 0.2) is 5.78 Å². The topological polar surface area (TPSA) is 153 Å². The second-order valence-electron chi connectivity index (χ2n) is 4.38. The largest absolute Gasteiger partial charge is 0.394 e. The molecule has 0 aromatic carbocycles. The van der Waals surface area contributed by atoms with E-state index in [2.05, 4.69) is 0 Å². The molecule has 1 unspecified atom stereocenters. The van der Waals surface area contributed by atoms with E-state index in [9.17, 15) is 28.7 Å². The van der Waals surface area contributed by atoms with Gasteiger partial charge >= 0.3 is 13.3 Å². The molecule has 0 saturated carbocycles. The molecule has 1 aromatic heterocycles. The average Bonchev–Trinajstić information content (AvgIpc) is 2.31. The summed E-state index contributed by atoms with van der Waals surface area (Å²) in [6, 6.07) is 0. The summed E-state index contributed by atoms with van der Waals surface area (Å²) in [7, 11) is -4.92. The van der Waals surface area contributed by atoms with Crippen molar-refractivity contribution >= 4 is 13.4 Å². The Bertz CT molecular complexity index is 689. The quantitative estimate of drug-likeness (QED) is 0.433. The molecule has 1 heterocycles. The number of aliphatic hydroxyl groups is 1. The van der Waals surface area contributed by atoms with Crippen LogP contribution in [0.25, 0.3) is 0 Å². The lowest BCUT2D eigenvalue weighted by Gasteiger charge is -2.32. The number of carbonyl (C=O) groups excluding carboxylic acids is 1. The Labute approximate surface area is 118 Å². The monoisotopic (exact) mass is 321 g/mol. The SMILES string of the molecule is CC(=O)C(N(CCO)n1cc(C)c(=O)[nH]c1=O)P(=O)(O)O. The number of hydrogen-bond donors (Lipinski definition) is 4. The number of rotatable bonds is 6.